The first-order chi connectivity index (χ1) is 14.5. The van der Waals surface area contributed by atoms with Gasteiger partial charge in [0.2, 0.25) is 5.91 Å². The van der Waals surface area contributed by atoms with E-state index in [1.165, 1.54) is 24.3 Å². The number of amides is 2. The van der Waals surface area contributed by atoms with Gasteiger partial charge in [0.05, 0.1) is 16.8 Å². The fourth-order valence-corrected chi connectivity index (χ4v) is 4.16. The molecule has 1 aromatic heterocycles. The lowest BCUT2D eigenvalue weighted by Gasteiger charge is -2.06. The van der Waals surface area contributed by atoms with Gasteiger partial charge in [-0.3, -0.25) is 9.59 Å². The molecule has 0 saturated heterocycles. The molecule has 156 valence electrons. The first kappa shape index (κ1) is 22.0. The van der Waals surface area contributed by atoms with Gasteiger partial charge in [0.1, 0.15) is 0 Å². The summed E-state index contributed by atoms with van der Waals surface area (Å²) in [6, 6.07) is 12.9. The molecule has 0 bridgehead atoms. The molecule has 0 spiro atoms. The number of nitrogens with one attached hydrogen (secondary N) is 1. The molecule has 1 heterocycles. The molecular formula is C22H22ClN3O3S. The zero-order valence-electron chi connectivity index (χ0n) is 16.7. The van der Waals surface area contributed by atoms with Crippen molar-refractivity contribution in [1.29, 1.82) is 0 Å². The highest BCUT2D eigenvalue weighted by Gasteiger charge is 2.09. The number of carbonyl (C=O) groups is 2. The van der Waals surface area contributed by atoms with Crippen LogP contribution in [0, 0.1) is 0 Å². The number of rotatable bonds is 7. The third-order valence-electron chi connectivity index (χ3n) is 4.18. The van der Waals surface area contributed by atoms with Crippen LogP contribution in [-0.4, -0.2) is 29.6 Å². The average Bonchev–Trinajstić information content (AvgIpc) is 3.03. The van der Waals surface area contributed by atoms with Crippen molar-refractivity contribution in [1.82, 2.24) is 4.57 Å². The summed E-state index contributed by atoms with van der Waals surface area (Å²) in [6.07, 6.45) is 3.06. The van der Waals surface area contributed by atoms with E-state index in [9.17, 15) is 9.59 Å². The van der Waals surface area contributed by atoms with Crippen LogP contribution in [0.5, 0.6) is 0 Å². The van der Waals surface area contributed by atoms with E-state index >= 15 is 0 Å². The quantitative estimate of drug-likeness (QED) is 0.432. The molecule has 0 fully saturated rings. The summed E-state index contributed by atoms with van der Waals surface area (Å²) >= 11 is 7.51. The molecule has 0 aliphatic carbocycles. The van der Waals surface area contributed by atoms with Crippen LogP contribution in [0.25, 0.3) is 16.3 Å². The van der Waals surface area contributed by atoms with E-state index in [1.54, 1.807) is 12.1 Å². The van der Waals surface area contributed by atoms with Crippen molar-refractivity contribution in [2.75, 3.05) is 18.5 Å². The van der Waals surface area contributed by atoms with Crippen molar-refractivity contribution in [2.24, 2.45) is 4.99 Å². The van der Waals surface area contributed by atoms with Crippen LogP contribution < -0.4 is 10.1 Å². The molecule has 0 radical (unpaired) electrons. The number of nitrogens with zero attached hydrogens (tertiary/aromatic N) is 2. The standard InChI is InChI=1S/C22H22ClN3O3S/c1-3-29-13-12-26-19-10-9-17(24-15(2)27)14-20(19)30-22(26)25-21(28)11-8-16-6-4-5-7-18(16)23/h4-11,14H,3,12-13H2,1-2H3,(H,24,27)/b11-8+,25-22?. The minimum Gasteiger partial charge on any atom is -0.380 e. The molecule has 0 atom stereocenters. The lowest BCUT2D eigenvalue weighted by atomic mass is 10.2. The fourth-order valence-electron chi connectivity index (χ4n) is 2.86. The lowest BCUT2D eigenvalue weighted by Crippen LogP contribution is -2.19. The third-order valence-corrected chi connectivity index (χ3v) is 5.57. The van der Waals surface area contributed by atoms with E-state index in [0.29, 0.717) is 35.3 Å². The Morgan fingerprint density at radius 3 is 2.80 bits per heavy atom. The Kier molecular flexibility index (Phi) is 7.57. The molecule has 2 aromatic carbocycles. The predicted octanol–water partition coefficient (Wildman–Crippen LogP) is 4.49. The van der Waals surface area contributed by atoms with Crippen LogP contribution >= 0.6 is 22.9 Å². The van der Waals surface area contributed by atoms with E-state index in [1.807, 2.05) is 47.9 Å². The average molecular weight is 444 g/mol. The van der Waals surface area contributed by atoms with E-state index < -0.39 is 0 Å². The van der Waals surface area contributed by atoms with Crippen LogP contribution in [0.2, 0.25) is 5.02 Å². The SMILES string of the molecule is CCOCCn1c(=NC(=O)/C=C/c2ccccc2Cl)sc2cc(NC(C)=O)ccc21. The van der Waals surface area contributed by atoms with Gasteiger partial charge in [-0.05, 0) is 42.8 Å². The Balaban J connectivity index is 1.96. The molecule has 30 heavy (non-hydrogen) atoms. The number of thiazole rings is 1. The number of fused-ring (bicyclic) bond motifs is 1. The van der Waals surface area contributed by atoms with Gasteiger partial charge in [-0.25, -0.2) is 0 Å². The summed E-state index contributed by atoms with van der Waals surface area (Å²) in [7, 11) is 0. The van der Waals surface area contributed by atoms with Crippen LogP contribution in [0.15, 0.2) is 53.5 Å². The van der Waals surface area contributed by atoms with Crippen LogP contribution in [0.1, 0.15) is 19.4 Å². The molecule has 0 unspecified atom stereocenters. The fraction of sp³-hybridized carbons (Fsp3) is 0.227. The second-order valence-corrected chi connectivity index (χ2v) is 7.82. The lowest BCUT2D eigenvalue weighted by molar-refractivity contribution is -0.114. The zero-order chi connectivity index (χ0) is 21.5. The van der Waals surface area contributed by atoms with Gasteiger partial charge in [-0.1, -0.05) is 41.1 Å². The number of benzene rings is 2. The van der Waals surface area contributed by atoms with E-state index in [-0.39, 0.29) is 11.8 Å². The van der Waals surface area contributed by atoms with Gasteiger partial charge < -0.3 is 14.6 Å². The number of hydrogen-bond donors (Lipinski definition) is 1. The molecule has 3 rings (SSSR count). The third kappa shape index (κ3) is 5.66. The van der Waals surface area contributed by atoms with Crippen LogP contribution in [0.3, 0.4) is 0 Å². The van der Waals surface area contributed by atoms with E-state index in [2.05, 4.69) is 10.3 Å². The largest absolute Gasteiger partial charge is 0.380 e. The smallest absolute Gasteiger partial charge is 0.272 e. The summed E-state index contributed by atoms with van der Waals surface area (Å²) < 4.78 is 8.35. The minimum absolute atomic E-state index is 0.139. The molecule has 0 aliphatic heterocycles. The van der Waals surface area contributed by atoms with Crippen LogP contribution in [0.4, 0.5) is 5.69 Å². The first-order valence-electron chi connectivity index (χ1n) is 9.48. The van der Waals surface area contributed by atoms with Crippen molar-refractivity contribution >= 4 is 56.7 Å². The predicted molar refractivity (Wildman–Crippen MR) is 122 cm³/mol. The summed E-state index contributed by atoms with van der Waals surface area (Å²) in [5.74, 6) is -0.520. The molecule has 8 heteroatoms. The van der Waals surface area contributed by atoms with Gasteiger partial charge >= 0.3 is 0 Å². The number of carbonyl (C=O) groups excluding carboxylic acids is 2. The first-order valence-corrected chi connectivity index (χ1v) is 10.7. The maximum atomic E-state index is 12.5. The second-order valence-electron chi connectivity index (χ2n) is 6.40. The Morgan fingerprint density at radius 2 is 2.07 bits per heavy atom. The maximum Gasteiger partial charge on any atom is 0.272 e. The molecule has 2 amide bonds. The van der Waals surface area contributed by atoms with E-state index in [0.717, 1.165) is 15.8 Å². The minimum atomic E-state index is -0.381. The highest BCUT2D eigenvalue weighted by atomic mass is 35.5. The van der Waals surface area contributed by atoms with Gasteiger partial charge in [-0.2, -0.15) is 4.99 Å². The van der Waals surface area contributed by atoms with Crippen LogP contribution in [-0.2, 0) is 20.9 Å². The zero-order valence-corrected chi connectivity index (χ0v) is 18.3. The van der Waals surface area contributed by atoms with Gasteiger partial charge in [0.15, 0.2) is 4.80 Å². The van der Waals surface area contributed by atoms with Crippen molar-refractivity contribution in [3.63, 3.8) is 0 Å². The molecule has 0 aliphatic rings. The maximum absolute atomic E-state index is 12.5. The number of halogens is 1. The number of aromatic nitrogens is 1. The Labute approximate surface area is 183 Å². The highest BCUT2D eigenvalue weighted by Crippen LogP contribution is 2.22. The Hall–Kier alpha value is -2.74. The summed E-state index contributed by atoms with van der Waals surface area (Å²) in [5, 5.41) is 3.35. The van der Waals surface area contributed by atoms with Crippen molar-refractivity contribution in [3.8, 4) is 0 Å². The topological polar surface area (TPSA) is 72.7 Å². The van der Waals surface area contributed by atoms with Crippen molar-refractivity contribution in [2.45, 2.75) is 20.4 Å². The number of ether oxygens (including phenoxy) is 1. The van der Waals surface area contributed by atoms with Gasteiger partial charge in [0, 0.05) is 36.9 Å². The molecular weight excluding hydrogens is 422 g/mol. The van der Waals surface area contributed by atoms with E-state index in [4.69, 9.17) is 16.3 Å². The van der Waals surface area contributed by atoms with Crippen molar-refractivity contribution < 1.29 is 14.3 Å². The summed E-state index contributed by atoms with van der Waals surface area (Å²) in [4.78, 5) is 28.7. The second kappa shape index (κ2) is 10.3. The molecule has 1 N–H and O–H groups in total. The van der Waals surface area contributed by atoms with Gasteiger partial charge in [0.25, 0.3) is 5.91 Å². The number of anilines is 1. The molecule has 0 saturated carbocycles. The number of hydrogen-bond acceptors (Lipinski definition) is 4. The monoisotopic (exact) mass is 443 g/mol. The highest BCUT2D eigenvalue weighted by molar-refractivity contribution is 7.16. The van der Waals surface area contributed by atoms with Gasteiger partial charge in [-0.15, -0.1) is 0 Å². The Morgan fingerprint density at radius 1 is 1.27 bits per heavy atom. The molecule has 6 nitrogen and oxygen atoms in total. The summed E-state index contributed by atoms with van der Waals surface area (Å²) in [6.45, 7) is 5.08. The molecule has 3 aromatic rings. The van der Waals surface area contributed by atoms with Crippen molar-refractivity contribution in [3.05, 3.63) is 63.9 Å². The summed E-state index contributed by atoms with van der Waals surface area (Å²) in [5.41, 5.74) is 2.38. The Bertz CT molecular complexity index is 1160. The normalized spacial score (nSPS) is 12.0.